The van der Waals surface area contributed by atoms with Gasteiger partial charge in [0.1, 0.15) is 19.7 Å². The average Bonchev–Trinajstić information content (AvgIpc) is 2.72. The van der Waals surface area contributed by atoms with Crippen LogP contribution in [0.25, 0.3) is 0 Å². The van der Waals surface area contributed by atoms with E-state index in [0.717, 1.165) is 24.5 Å². The fraction of sp³-hybridized carbons (Fsp3) is 0.471. The van der Waals surface area contributed by atoms with E-state index in [-0.39, 0.29) is 11.5 Å². The fourth-order valence-electron chi connectivity index (χ4n) is 3.92. The Morgan fingerprint density at radius 3 is 3.10 bits per heavy atom. The molecule has 0 saturated heterocycles. The van der Waals surface area contributed by atoms with Crippen LogP contribution in [0.15, 0.2) is 24.3 Å². The lowest BCUT2D eigenvalue weighted by atomic mass is 9.69. The van der Waals surface area contributed by atoms with Gasteiger partial charge in [0.05, 0.1) is 18.6 Å². The molecule has 1 N–H and O–H groups in total. The zero-order valence-corrected chi connectivity index (χ0v) is 12.4. The van der Waals surface area contributed by atoms with Crippen LogP contribution in [0.1, 0.15) is 24.0 Å². The van der Waals surface area contributed by atoms with Crippen LogP contribution in [0.4, 0.5) is 0 Å². The summed E-state index contributed by atoms with van der Waals surface area (Å²) in [6, 6.07) is 4.07. The zero-order chi connectivity index (χ0) is 14.6. The molecule has 3 atom stereocenters. The summed E-state index contributed by atoms with van der Waals surface area (Å²) in [6.07, 6.45) is 7.45. The van der Waals surface area contributed by atoms with Crippen molar-refractivity contribution in [2.24, 2.45) is 0 Å². The predicted molar refractivity (Wildman–Crippen MR) is 79.7 cm³/mol. The van der Waals surface area contributed by atoms with Gasteiger partial charge in [0.15, 0.2) is 17.7 Å². The molecule has 0 radical (unpaired) electrons. The first kappa shape index (κ1) is 12.9. The van der Waals surface area contributed by atoms with E-state index in [0.29, 0.717) is 6.42 Å². The molecule has 2 aliphatic heterocycles. The summed E-state index contributed by atoms with van der Waals surface area (Å²) in [5.74, 6) is 1.63. The van der Waals surface area contributed by atoms with Crippen molar-refractivity contribution in [3.63, 3.8) is 0 Å². The molecular weight excluding hydrogens is 266 g/mol. The number of hydrogen-bond donors (Lipinski definition) is 1. The highest BCUT2D eigenvalue weighted by atomic mass is 16.5. The molecule has 0 saturated carbocycles. The van der Waals surface area contributed by atoms with Crippen LogP contribution in [0, 0.1) is 0 Å². The normalized spacial score (nSPS) is 32.6. The van der Waals surface area contributed by atoms with Crippen LogP contribution >= 0.6 is 0 Å². The lowest BCUT2D eigenvalue weighted by molar-refractivity contribution is -0.493. The highest BCUT2D eigenvalue weighted by Gasteiger charge is 2.53. The largest absolute Gasteiger partial charge is 0.493 e. The SMILES string of the molecule is COc1ccc2c3c1O[C@@H]1C[C@@H](O)C=CC31CC[N+](C)=C2. The molecule has 1 aromatic rings. The van der Waals surface area contributed by atoms with E-state index >= 15 is 0 Å². The number of benzene rings is 1. The molecule has 21 heavy (non-hydrogen) atoms. The Kier molecular flexibility index (Phi) is 2.67. The Bertz CT molecular complexity index is 664. The first-order valence-electron chi connectivity index (χ1n) is 7.45. The standard InChI is InChI=1S/C17H20NO3/c1-18-8-7-17-6-5-12(19)9-14(17)21-16-13(20-2)4-3-11(10-18)15(16)17/h3-6,10,12,14,19H,7-9H2,1-2H3/q+1/t12-,14+,17?/m0/s1. The minimum absolute atomic E-state index is 0.0116. The summed E-state index contributed by atoms with van der Waals surface area (Å²) in [5.41, 5.74) is 2.27. The molecule has 2 heterocycles. The van der Waals surface area contributed by atoms with E-state index in [1.807, 2.05) is 12.1 Å². The van der Waals surface area contributed by atoms with Crippen molar-refractivity contribution in [1.29, 1.82) is 0 Å². The van der Waals surface area contributed by atoms with Crippen molar-refractivity contribution in [2.45, 2.75) is 30.5 Å². The molecule has 0 aromatic heterocycles. The summed E-state index contributed by atoms with van der Waals surface area (Å²) in [6.45, 7) is 0.969. The summed E-state index contributed by atoms with van der Waals surface area (Å²) in [4.78, 5) is 0. The van der Waals surface area contributed by atoms with Gasteiger partial charge in [0.25, 0.3) is 0 Å². The van der Waals surface area contributed by atoms with Gasteiger partial charge in [-0.1, -0.05) is 12.2 Å². The van der Waals surface area contributed by atoms with E-state index in [1.165, 1.54) is 11.1 Å². The summed E-state index contributed by atoms with van der Waals surface area (Å²) in [7, 11) is 3.78. The van der Waals surface area contributed by atoms with Gasteiger partial charge in [-0.3, -0.25) is 0 Å². The van der Waals surface area contributed by atoms with E-state index in [9.17, 15) is 5.11 Å². The highest BCUT2D eigenvalue weighted by molar-refractivity contribution is 5.83. The Morgan fingerprint density at radius 2 is 2.29 bits per heavy atom. The summed E-state index contributed by atoms with van der Waals surface area (Å²) < 4.78 is 13.9. The predicted octanol–water partition coefficient (Wildman–Crippen LogP) is 1.48. The van der Waals surface area contributed by atoms with Gasteiger partial charge in [-0.2, -0.15) is 0 Å². The minimum atomic E-state index is -0.422. The Morgan fingerprint density at radius 1 is 1.43 bits per heavy atom. The third-order valence-corrected chi connectivity index (χ3v) is 4.98. The van der Waals surface area contributed by atoms with Gasteiger partial charge < -0.3 is 14.6 Å². The van der Waals surface area contributed by atoms with Crippen LogP contribution in [-0.2, 0) is 5.41 Å². The number of aliphatic hydroxyl groups is 1. The first-order chi connectivity index (χ1) is 10.1. The highest BCUT2D eigenvalue weighted by Crippen LogP contribution is 2.54. The molecular formula is C17H20NO3+. The van der Waals surface area contributed by atoms with Crippen molar-refractivity contribution in [2.75, 3.05) is 20.7 Å². The van der Waals surface area contributed by atoms with E-state index in [2.05, 4.69) is 30.0 Å². The molecule has 3 aliphatic rings. The molecule has 0 fully saturated rings. The van der Waals surface area contributed by atoms with Gasteiger partial charge in [0, 0.05) is 24.0 Å². The number of ether oxygens (including phenoxy) is 2. The molecule has 110 valence electrons. The number of methoxy groups -OCH3 is 1. The van der Waals surface area contributed by atoms with Gasteiger partial charge in [-0.25, -0.2) is 4.58 Å². The maximum atomic E-state index is 9.97. The van der Waals surface area contributed by atoms with Crippen LogP contribution < -0.4 is 9.47 Å². The van der Waals surface area contributed by atoms with E-state index in [4.69, 9.17) is 9.47 Å². The lowest BCUT2D eigenvalue weighted by Gasteiger charge is -2.34. The Hall–Kier alpha value is -1.81. The topological polar surface area (TPSA) is 41.7 Å². The number of aliphatic hydroxyl groups excluding tert-OH is 1. The monoisotopic (exact) mass is 286 g/mol. The number of rotatable bonds is 1. The Balaban J connectivity index is 1.99. The smallest absolute Gasteiger partial charge is 0.170 e. The number of nitrogens with zero attached hydrogens (tertiary/aromatic N) is 1. The average molecular weight is 286 g/mol. The molecule has 1 aliphatic carbocycles. The molecule has 4 nitrogen and oxygen atoms in total. The molecule has 0 bridgehead atoms. The quantitative estimate of drug-likeness (QED) is 0.628. The van der Waals surface area contributed by atoms with Gasteiger partial charge >= 0.3 is 0 Å². The number of hydrogen-bond acceptors (Lipinski definition) is 3. The van der Waals surface area contributed by atoms with Gasteiger partial charge in [-0.05, 0) is 12.1 Å². The van der Waals surface area contributed by atoms with E-state index in [1.54, 1.807) is 7.11 Å². The second-order valence-electron chi connectivity index (χ2n) is 6.23. The van der Waals surface area contributed by atoms with Gasteiger partial charge in [-0.15, -0.1) is 0 Å². The minimum Gasteiger partial charge on any atom is -0.493 e. The zero-order valence-electron chi connectivity index (χ0n) is 12.4. The van der Waals surface area contributed by atoms with Crippen molar-refractivity contribution in [3.8, 4) is 11.5 Å². The Labute approximate surface area is 124 Å². The van der Waals surface area contributed by atoms with Crippen LogP contribution in [0.2, 0.25) is 0 Å². The molecule has 4 rings (SSSR count). The van der Waals surface area contributed by atoms with Crippen molar-refractivity contribution in [1.82, 2.24) is 0 Å². The summed E-state index contributed by atoms with van der Waals surface area (Å²) in [5, 5.41) is 9.97. The molecule has 0 amide bonds. The summed E-state index contributed by atoms with van der Waals surface area (Å²) >= 11 is 0. The van der Waals surface area contributed by atoms with Crippen LogP contribution in [0.3, 0.4) is 0 Å². The maximum absolute atomic E-state index is 9.97. The van der Waals surface area contributed by atoms with Crippen LogP contribution in [-0.4, -0.2) is 48.8 Å². The van der Waals surface area contributed by atoms with Gasteiger partial charge in [0.2, 0.25) is 0 Å². The third-order valence-electron chi connectivity index (χ3n) is 4.98. The second-order valence-corrected chi connectivity index (χ2v) is 6.23. The van der Waals surface area contributed by atoms with Crippen molar-refractivity contribution < 1.29 is 19.2 Å². The lowest BCUT2D eigenvalue weighted by Crippen LogP contribution is -2.42. The first-order valence-corrected chi connectivity index (χ1v) is 7.45. The maximum Gasteiger partial charge on any atom is 0.170 e. The fourth-order valence-corrected chi connectivity index (χ4v) is 3.92. The van der Waals surface area contributed by atoms with E-state index < -0.39 is 6.10 Å². The van der Waals surface area contributed by atoms with Crippen molar-refractivity contribution >= 4 is 6.21 Å². The van der Waals surface area contributed by atoms with Crippen molar-refractivity contribution in [3.05, 3.63) is 35.4 Å². The molecule has 4 heteroatoms. The molecule has 1 spiro atoms. The third kappa shape index (κ3) is 1.69. The molecule has 1 aromatic carbocycles. The second kappa shape index (κ2) is 4.34. The molecule has 1 unspecified atom stereocenters. The van der Waals surface area contributed by atoms with Crippen LogP contribution in [0.5, 0.6) is 11.5 Å².